The van der Waals surface area contributed by atoms with E-state index in [4.69, 9.17) is 0 Å². The molecule has 4 atom stereocenters. The molecule has 0 saturated carbocycles. The minimum atomic E-state index is -0.857. The number of nitrogens with zero attached hydrogens (tertiary/aromatic N) is 2. The van der Waals surface area contributed by atoms with Crippen LogP contribution in [0.3, 0.4) is 0 Å². The first-order valence-corrected chi connectivity index (χ1v) is 14.3. The number of carbonyl (C=O) groups is 4. The Morgan fingerprint density at radius 2 is 1.68 bits per heavy atom. The van der Waals surface area contributed by atoms with Crippen LogP contribution in [0.5, 0.6) is 0 Å². The van der Waals surface area contributed by atoms with Crippen LogP contribution in [0.2, 0.25) is 0 Å². The molecule has 2 aromatic rings. The molecule has 1 fully saturated rings. The Hall–Kier alpha value is -3.31. The van der Waals surface area contributed by atoms with Gasteiger partial charge in [-0.3, -0.25) is 19.2 Å². The molecule has 0 radical (unpaired) electrons. The Balaban J connectivity index is 1.73. The van der Waals surface area contributed by atoms with Crippen molar-refractivity contribution in [2.75, 3.05) is 6.54 Å². The van der Waals surface area contributed by atoms with E-state index in [1.54, 1.807) is 5.51 Å². The van der Waals surface area contributed by atoms with Gasteiger partial charge in [-0.1, -0.05) is 45.0 Å². The lowest BCUT2D eigenvalue weighted by Gasteiger charge is -2.35. The number of aliphatic hydroxyl groups excluding tert-OH is 1. The van der Waals surface area contributed by atoms with Gasteiger partial charge in [-0.25, -0.2) is 4.98 Å². The number of rotatable bonds is 7. The van der Waals surface area contributed by atoms with Gasteiger partial charge < -0.3 is 26.0 Å². The Bertz CT molecular complexity index is 1240. The standard InChI is InChI=1S/C29H41N5O5S/c1-16(18-9-11-19(12-10-18)23-22(30-15-40-23)26(38)33-29(6,7)8)31-25(37)21-13-20(36)14-34(21)27(39)24(28(3,4)5)32-17(2)35/h9-12,15-16,20-21,24,36H,13-14H2,1-8H3,(H,31,37)(H,32,35)(H,33,38)/t16-,20+,21-,24+/m0/s1. The molecular formula is C29H41N5O5S. The maximum absolute atomic E-state index is 13.4. The molecule has 1 saturated heterocycles. The molecule has 2 heterocycles. The monoisotopic (exact) mass is 571 g/mol. The minimum absolute atomic E-state index is 0.0200. The van der Waals surface area contributed by atoms with E-state index in [9.17, 15) is 24.3 Å². The maximum Gasteiger partial charge on any atom is 0.271 e. The normalized spacial score (nSPS) is 19.1. The van der Waals surface area contributed by atoms with E-state index in [0.717, 1.165) is 16.0 Å². The summed E-state index contributed by atoms with van der Waals surface area (Å²) in [5.41, 5.74) is 2.71. The minimum Gasteiger partial charge on any atom is -0.391 e. The Labute approximate surface area is 239 Å². The summed E-state index contributed by atoms with van der Waals surface area (Å²) in [6, 6.07) is 5.46. The zero-order valence-corrected chi connectivity index (χ0v) is 25.3. The number of thiazole rings is 1. The van der Waals surface area contributed by atoms with Crippen molar-refractivity contribution in [1.29, 1.82) is 0 Å². The summed E-state index contributed by atoms with van der Waals surface area (Å²) in [4.78, 5) is 57.6. The van der Waals surface area contributed by atoms with Gasteiger partial charge in [0.15, 0.2) is 0 Å². The van der Waals surface area contributed by atoms with E-state index >= 15 is 0 Å². The van der Waals surface area contributed by atoms with E-state index in [1.165, 1.54) is 23.2 Å². The fourth-order valence-corrected chi connectivity index (χ4v) is 5.44. The highest BCUT2D eigenvalue weighted by atomic mass is 32.1. The molecule has 40 heavy (non-hydrogen) atoms. The third-order valence-electron chi connectivity index (χ3n) is 6.63. The summed E-state index contributed by atoms with van der Waals surface area (Å²) in [7, 11) is 0. The predicted molar refractivity (Wildman–Crippen MR) is 155 cm³/mol. The largest absolute Gasteiger partial charge is 0.391 e. The van der Waals surface area contributed by atoms with E-state index in [1.807, 2.05) is 72.7 Å². The van der Waals surface area contributed by atoms with Gasteiger partial charge >= 0.3 is 0 Å². The first kappa shape index (κ1) is 31.2. The lowest BCUT2D eigenvalue weighted by molar-refractivity contribution is -0.144. The second kappa shape index (κ2) is 12.1. The van der Waals surface area contributed by atoms with Gasteiger partial charge in [0.05, 0.1) is 22.5 Å². The summed E-state index contributed by atoms with van der Waals surface area (Å²) in [6.45, 7) is 14.5. The Kier molecular flexibility index (Phi) is 9.41. The molecule has 11 heteroatoms. The van der Waals surface area contributed by atoms with Gasteiger partial charge in [-0.2, -0.15) is 0 Å². The highest BCUT2D eigenvalue weighted by Gasteiger charge is 2.44. The Morgan fingerprint density at radius 1 is 1.05 bits per heavy atom. The third-order valence-corrected chi connectivity index (χ3v) is 7.50. The zero-order valence-electron chi connectivity index (χ0n) is 24.5. The number of aliphatic hydroxyl groups is 1. The molecule has 1 aromatic heterocycles. The van der Waals surface area contributed by atoms with Gasteiger partial charge in [0.2, 0.25) is 17.7 Å². The van der Waals surface area contributed by atoms with Crippen molar-refractivity contribution < 1.29 is 24.3 Å². The molecule has 0 spiro atoms. The first-order chi connectivity index (χ1) is 18.5. The third kappa shape index (κ3) is 7.66. The molecule has 4 N–H and O–H groups in total. The second-order valence-corrected chi connectivity index (χ2v) is 13.3. The van der Waals surface area contributed by atoms with Crippen molar-refractivity contribution in [3.05, 3.63) is 41.0 Å². The summed E-state index contributed by atoms with van der Waals surface area (Å²) >= 11 is 1.38. The molecule has 10 nitrogen and oxygen atoms in total. The van der Waals surface area contributed by atoms with Crippen LogP contribution in [0.4, 0.5) is 0 Å². The van der Waals surface area contributed by atoms with Crippen LogP contribution in [0.25, 0.3) is 10.4 Å². The molecule has 0 bridgehead atoms. The van der Waals surface area contributed by atoms with Crippen LogP contribution in [-0.2, 0) is 14.4 Å². The molecule has 1 aromatic carbocycles. The average molecular weight is 572 g/mol. The fourth-order valence-electron chi connectivity index (χ4n) is 4.65. The number of likely N-dealkylation sites (tertiary alicyclic amines) is 1. The van der Waals surface area contributed by atoms with E-state index < -0.39 is 29.5 Å². The summed E-state index contributed by atoms with van der Waals surface area (Å²) in [5.74, 6) is -1.35. The highest BCUT2D eigenvalue weighted by Crippen LogP contribution is 2.30. The predicted octanol–water partition coefficient (Wildman–Crippen LogP) is 3.03. The smallest absolute Gasteiger partial charge is 0.271 e. The van der Waals surface area contributed by atoms with Crippen molar-refractivity contribution in [2.45, 2.75) is 91.6 Å². The van der Waals surface area contributed by atoms with Crippen LogP contribution >= 0.6 is 11.3 Å². The Morgan fingerprint density at radius 3 is 2.23 bits per heavy atom. The second-order valence-electron chi connectivity index (χ2n) is 12.5. The number of hydrogen-bond donors (Lipinski definition) is 4. The number of β-amino-alcohol motifs (C(OH)–C–C–N with tert-alkyl or cyclic N) is 1. The van der Waals surface area contributed by atoms with Crippen LogP contribution in [0.1, 0.15) is 83.9 Å². The van der Waals surface area contributed by atoms with E-state index in [-0.39, 0.29) is 42.3 Å². The highest BCUT2D eigenvalue weighted by molar-refractivity contribution is 7.13. The first-order valence-electron chi connectivity index (χ1n) is 13.4. The quantitative estimate of drug-likeness (QED) is 0.403. The number of benzene rings is 1. The number of nitrogens with one attached hydrogen (secondary N) is 3. The molecule has 4 amide bonds. The van der Waals surface area contributed by atoms with Crippen molar-refractivity contribution in [3.8, 4) is 10.4 Å². The number of aromatic nitrogens is 1. The molecule has 218 valence electrons. The van der Waals surface area contributed by atoms with Crippen LogP contribution in [0, 0.1) is 5.41 Å². The molecule has 0 unspecified atom stereocenters. The summed E-state index contributed by atoms with van der Waals surface area (Å²) in [5, 5.41) is 18.9. The van der Waals surface area contributed by atoms with Crippen molar-refractivity contribution in [2.24, 2.45) is 5.41 Å². The van der Waals surface area contributed by atoms with Gasteiger partial charge in [0.25, 0.3) is 5.91 Å². The number of amides is 4. The van der Waals surface area contributed by atoms with Crippen molar-refractivity contribution in [1.82, 2.24) is 25.8 Å². The molecule has 1 aliphatic rings. The van der Waals surface area contributed by atoms with Crippen molar-refractivity contribution in [3.63, 3.8) is 0 Å². The van der Waals surface area contributed by atoms with Gasteiger partial charge in [0, 0.05) is 25.4 Å². The zero-order chi connectivity index (χ0) is 30.0. The number of hydrogen-bond acceptors (Lipinski definition) is 7. The molecule has 0 aliphatic carbocycles. The van der Waals surface area contributed by atoms with Crippen molar-refractivity contribution >= 4 is 35.0 Å². The molecular weight excluding hydrogens is 530 g/mol. The lowest BCUT2D eigenvalue weighted by Crippen LogP contribution is -2.57. The summed E-state index contributed by atoms with van der Waals surface area (Å²) < 4.78 is 0. The average Bonchev–Trinajstić information content (AvgIpc) is 3.47. The lowest BCUT2D eigenvalue weighted by atomic mass is 9.85. The van der Waals surface area contributed by atoms with Gasteiger partial charge in [0.1, 0.15) is 17.8 Å². The molecule has 1 aliphatic heterocycles. The van der Waals surface area contributed by atoms with E-state index in [0.29, 0.717) is 5.69 Å². The fraction of sp³-hybridized carbons (Fsp3) is 0.552. The topological polar surface area (TPSA) is 141 Å². The van der Waals surface area contributed by atoms with Crippen LogP contribution in [-0.4, -0.2) is 68.9 Å². The summed E-state index contributed by atoms with van der Waals surface area (Å²) in [6.07, 6.45) is -0.721. The SMILES string of the molecule is CC(=O)N[C@H](C(=O)N1C[C@H](O)C[C@H]1C(=O)N[C@@H](C)c1ccc(-c2scnc2C(=O)NC(C)(C)C)cc1)C(C)(C)C. The van der Waals surface area contributed by atoms with Crippen LogP contribution in [0.15, 0.2) is 29.8 Å². The number of carbonyl (C=O) groups excluding carboxylic acids is 4. The maximum atomic E-state index is 13.4. The van der Waals surface area contributed by atoms with E-state index in [2.05, 4.69) is 20.9 Å². The van der Waals surface area contributed by atoms with Crippen LogP contribution < -0.4 is 16.0 Å². The van der Waals surface area contributed by atoms with Gasteiger partial charge in [-0.05, 0) is 44.2 Å². The van der Waals surface area contributed by atoms with Gasteiger partial charge in [-0.15, -0.1) is 11.3 Å². The molecule has 3 rings (SSSR count).